The van der Waals surface area contributed by atoms with Crippen molar-refractivity contribution >= 4 is 45.1 Å². The second-order valence-electron chi connectivity index (χ2n) is 8.78. The van der Waals surface area contributed by atoms with E-state index in [9.17, 15) is 5.11 Å². The molecule has 0 spiro atoms. The lowest BCUT2D eigenvalue weighted by Crippen LogP contribution is -3.00. The molecule has 37 heavy (non-hydrogen) atoms. The van der Waals surface area contributed by atoms with E-state index in [2.05, 4.69) is 96.1 Å². The molecule has 0 atom stereocenters. The van der Waals surface area contributed by atoms with E-state index in [0.717, 1.165) is 38.1 Å². The first-order valence-corrected chi connectivity index (χ1v) is 14.4. The van der Waals surface area contributed by atoms with Gasteiger partial charge in [0.25, 0.3) is 5.01 Å². The molecular weight excluding hydrogens is 611 g/mol. The Labute approximate surface area is 245 Å². The number of fused-ring (bicyclic) bond motifs is 2. The number of nitrogens with zero attached hydrogens (tertiary/aromatic N) is 2. The molecule has 194 valence electrons. The van der Waals surface area contributed by atoms with Crippen molar-refractivity contribution in [2.24, 2.45) is 0 Å². The summed E-state index contributed by atoms with van der Waals surface area (Å²) in [5.74, 6) is 0.927. The lowest BCUT2D eigenvalue weighted by Gasteiger charge is -2.22. The molecule has 7 heteroatoms. The molecule has 0 fully saturated rings. The molecule has 0 saturated heterocycles. The summed E-state index contributed by atoms with van der Waals surface area (Å²) in [6, 6.07) is 17.2. The highest BCUT2D eigenvalue weighted by atomic mass is 127. The fourth-order valence-electron chi connectivity index (χ4n) is 4.90. The number of aliphatic hydroxyl groups is 1. The number of thiazole rings is 1. The molecule has 0 saturated carbocycles. The number of thioether (sulfide) groups is 1. The van der Waals surface area contributed by atoms with Crippen LogP contribution in [0, 0.1) is 0 Å². The average Bonchev–Trinajstić information content (AvgIpc) is 3.46. The molecule has 0 radical (unpaired) electrons. The SMILES string of the molecule is CCN1/C(=C/C=C2\CCCC(/C=C/c3sc4ccccc4[n+]3CC)=C2OCCO)Sc2ccccc21.[I-]. The fourth-order valence-corrected chi connectivity index (χ4v) is 7.16. The first-order chi connectivity index (χ1) is 17.7. The average molecular weight is 645 g/mol. The van der Waals surface area contributed by atoms with Crippen LogP contribution in [0.2, 0.25) is 0 Å². The van der Waals surface area contributed by atoms with E-state index in [1.807, 2.05) is 23.1 Å². The molecule has 0 unspecified atom stereocenters. The Morgan fingerprint density at radius 2 is 1.84 bits per heavy atom. The minimum Gasteiger partial charge on any atom is -1.00 e. The second-order valence-corrected chi connectivity index (χ2v) is 10.9. The highest BCUT2D eigenvalue weighted by molar-refractivity contribution is 8.03. The number of para-hydroxylation sites is 2. The van der Waals surface area contributed by atoms with Crippen molar-refractivity contribution in [2.45, 2.75) is 44.6 Å². The predicted octanol–water partition coefficient (Wildman–Crippen LogP) is 4.07. The summed E-state index contributed by atoms with van der Waals surface area (Å²) in [6.07, 6.45) is 12.0. The lowest BCUT2D eigenvalue weighted by atomic mass is 9.92. The van der Waals surface area contributed by atoms with E-state index in [1.54, 1.807) is 0 Å². The van der Waals surface area contributed by atoms with E-state index in [1.165, 1.54) is 42.0 Å². The summed E-state index contributed by atoms with van der Waals surface area (Å²) in [5, 5.41) is 12.0. The van der Waals surface area contributed by atoms with Crippen molar-refractivity contribution in [1.82, 2.24) is 0 Å². The Morgan fingerprint density at radius 1 is 1.03 bits per heavy atom. The first kappa shape index (κ1) is 28.0. The number of hydrogen-bond acceptors (Lipinski definition) is 5. The van der Waals surface area contributed by atoms with Crippen molar-refractivity contribution in [3.8, 4) is 0 Å². The van der Waals surface area contributed by atoms with Crippen molar-refractivity contribution in [3.63, 3.8) is 0 Å². The van der Waals surface area contributed by atoms with Crippen LogP contribution in [0.4, 0.5) is 5.69 Å². The molecule has 2 aromatic carbocycles. The van der Waals surface area contributed by atoms with Crippen molar-refractivity contribution in [2.75, 3.05) is 24.7 Å². The van der Waals surface area contributed by atoms with Crippen LogP contribution in [0.15, 0.2) is 93.6 Å². The minimum absolute atomic E-state index is 0. The van der Waals surface area contributed by atoms with Crippen LogP contribution in [0.25, 0.3) is 16.3 Å². The molecule has 0 bridgehead atoms. The van der Waals surface area contributed by atoms with E-state index in [-0.39, 0.29) is 30.6 Å². The molecule has 1 aliphatic carbocycles. The number of aromatic nitrogens is 1. The van der Waals surface area contributed by atoms with Crippen LogP contribution in [-0.2, 0) is 11.3 Å². The van der Waals surface area contributed by atoms with Gasteiger partial charge in [0, 0.05) is 23.6 Å². The standard InChI is InChI=1S/C30H33N2O2S2.HI/c1-3-31-24-12-5-7-14-26(24)35-28(31)18-16-22-10-9-11-23(30(22)34-21-20-33)17-19-29-32(4-2)25-13-6-8-15-27(25)36-29;/h5-8,12-19,33H,3-4,9-11,20-21H2,1-2H3;1H/q+1;/p-1. The molecule has 4 nitrogen and oxygen atoms in total. The minimum atomic E-state index is 0. The summed E-state index contributed by atoms with van der Waals surface area (Å²) in [5.41, 5.74) is 4.96. The predicted molar refractivity (Wildman–Crippen MR) is 152 cm³/mol. The zero-order chi connectivity index (χ0) is 24.9. The van der Waals surface area contributed by atoms with Crippen molar-refractivity contribution < 1.29 is 38.4 Å². The van der Waals surface area contributed by atoms with Crippen LogP contribution in [0.3, 0.4) is 0 Å². The van der Waals surface area contributed by atoms with E-state index >= 15 is 0 Å². The van der Waals surface area contributed by atoms with Gasteiger partial charge in [0.15, 0.2) is 0 Å². The van der Waals surface area contributed by atoms with Gasteiger partial charge in [0.05, 0.1) is 17.3 Å². The Bertz CT molecular complexity index is 1370. The summed E-state index contributed by atoms with van der Waals surface area (Å²) >= 11 is 3.64. The van der Waals surface area contributed by atoms with Gasteiger partial charge in [-0.3, -0.25) is 0 Å². The van der Waals surface area contributed by atoms with Crippen LogP contribution in [0.1, 0.15) is 38.1 Å². The van der Waals surface area contributed by atoms with Gasteiger partial charge in [-0.1, -0.05) is 53.4 Å². The number of halogens is 1. The number of benzene rings is 2. The number of aliphatic hydroxyl groups excluding tert-OH is 1. The maximum absolute atomic E-state index is 9.49. The van der Waals surface area contributed by atoms with Gasteiger partial charge in [-0.2, -0.15) is 4.57 Å². The molecule has 1 aliphatic heterocycles. The van der Waals surface area contributed by atoms with Gasteiger partial charge < -0.3 is 38.7 Å². The molecule has 5 rings (SSSR count). The Hall–Kier alpha value is -2.07. The Kier molecular flexibility index (Phi) is 9.92. The molecular formula is C30H33IN2O2S2. The zero-order valence-corrected chi connectivity index (χ0v) is 25.1. The normalized spacial score (nSPS) is 17.8. The lowest BCUT2D eigenvalue weighted by molar-refractivity contribution is -0.665. The molecule has 1 aromatic heterocycles. The number of aryl methyl sites for hydroxylation is 1. The third kappa shape index (κ3) is 6.00. The number of anilines is 1. The Balaban J connectivity index is 0.00000320. The number of ether oxygens (including phenoxy) is 1. The maximum atomic E-state index is 9.49. The number of hydrogen-bond donors (Lipinski definition) is 1. The van der Waals surface area contributed by atoms with E-state index < -0.39 is 0 Å². The van der Waals surface area contributed by atoms with Crippen LogP contribution in [-0.4, -0.2) is 24.9 Å². The van der Waals surface area contributed by atoms with Gasteiger partial charge >= 0.3 is 0 Å². The summed E-state index contributed by atoms with van der Waals surface area (Å²) < 4.78 is 9.82. The van der Waals surface area contributed by atoms with E-state index in [4.69, 9.17) is 4.74 Å². The Morgan fingerprint density at radius 3 is 2.65 bits per heavy atom. The van der Waals surface area contributed by atoms with Crippen molar-refractivity contribution in [1.29, 1.82) is 0 Å². The van der Waals surface area contributed by atoms with Crippen LogP contribution < -0.4 is 33.4 Å². The molecule has 2 aliphatic rings. The largest absolute Gasteiger partial charge is 1.00 e. The monoisotopic (exact) mass is 644 g/mol. The first-order valence-electron chi connectivity index (χ1n) is 12.7. The molecule has 1 N–H and O–H groups in total. The smallest absolute Gasteiger partial charge is 0.262 e. The van der Waals surface area contributed by atoms with Gasteiger partial charge in [0.1, 0.15) is 23.6 Å². The number of allylic oxidation sites excluding steroid dienone is 5. The van der Waals surface area contributed by atoms with Gasteiger partial charge in [-0.05, 0) is 74.6 Å². The molecule has 2 heterocycles. The van der Waals surface area contributed by atoms with E-state index in [0.29, 0.717) is 6.61 Å². The zero-order valence-electron chi connectivity index (χ0n) is 21.3. The fraction of sp³-hybridized carbons (Fsp3) is 0.300. The molecule has 3 aromatic rings. The third-order valence-corrected chi connectivity index (χ3v) is 8.83. The second kappa shape index (κ2) is 13.1. The van der Waals surface area contributed by atoms with Gasteiger partial charge in [0.2, 0.25) is 5.52 Å². The number of rotatable bonds is 8. The summed E-state index contributed by atoms with van der Waals surface area (Å²) in [4.78, 5) is 3.67. The highest BCUT2D eigenvalue weighted by Gasteiger charge is 2.24. The third-order valence-electron chi connectivity index (χ3n) is 6.57. The van der Waals surface area contributed by atoms with Gasteiger partial charge in [-0.15, -0.1) is 0 Å². The quantitative estimate of drug-likeness (QED) is 0.297. The van der Waals surface area contributed by atoms with Gasteiger partial charge in [-0.25, -0.2) is 0 Å². The van der Waals surface area contributed by atoms with Crippen LogP contribution in [0.5, 0.6) is 0 Å². The summed E-state index contributed by atoms with van der Waals surface area (Å²) in [6.45, 7) is 6.57. The molecule has 0 amide bonds. The maximum Gasteiger partial charge on any atom is 0.262 e. The van der Waals surface area contributed by atoms with Crippen LogP contribution >= 0.6 is 23.1 Å². The van der Waals surface area contributed by atoms with Crippen molar-refractivity contribution in [3.05, 3.63) is 93.7 Å². The summed E-state index contributed by atoms with van der Waals surface area (Å²) in [7, 11) is 0. The highest BCUT2D eigenvalue weighted by Crippen LogP contribution is 2.45. The topological polar surface area (TPSA) is 36.6 Å².